The molecule has 0 aromatic heterocycles. The zero-order valence-corrected chi connectivity index (χ0v) is 16.9. The quantitative estimate of drug-likeness (QED) is 0.253. The standard InChI is InChI=1S/C20H42N2S/c1-4-6-8-9-10-11-12-13-14-16-18-21-20(23)22-19(3)17-15-7-5-2/h19H,4-18H2,1-3H3,(H2,21,22,23). The van der Waals surface area contributed by atoms with Gasteiger partial charge in [-0.1, -0.05) is 90.9 Å². The SMILES string of the molecule is CCCCCCCCCCCCNC(=S)NC(C)CCCCC. The summed E-state index contributed by atoms with van der Waals surface area (Å²) in [6, 6.07) is 0.495. The van der Waals surface area contributed by atoms with Gasteiger partial charge in [-0.25, -0.2) is 0 Å². The molecule has 0 spiro atoms. The zero-order chi connectivity index (χ0) is 17.2. The Morgan fingerprint density at radius 1 is 0.739 bits per heavy atom. The van der Waals surface area contributed by atoms with Gasteiger partial charge in [-0.2, -0.15) is 0 Å². The molecule has 0 aromatic carbocycles. The van der Waals surface area contributed by atoms with Crippen molar-refractivity contribution in [1.82, 2.24) is 10.6 Å². The molecule has 23 heavy (non-hydrogen) atoms. The summed E-state index contributed by atoms with van der Waals surface area (Å²) in [7, 11) is 0. The molecule has 0 saturated heterocycles. The number of thiocarbonyl (C=S) groups is 1. The third-order valence-corrected chi connectivity index (χ3v) is 4.70. The minimum absolute atomic E-state index is 0.495. The third-order valence-electron chi connectivity index (χ3n) is 4.43. The third kappa shape index (κ3) is 17.9. The number of nitrogens with one attached hydrogen (secondary N) is 2. The van der Waals surface area contributed by atoms with Gasteiger partial charge in [-0.15, -0.1) is 0 Å². The molecule has 0 bridgehead atoms. The Labute approximate surface area is 151 Å². The van der Waals surface area contributed by atoms with Crippen molar-refractivity contribution in [1.29, 1.82) is 0 Å². The Morgan fingerprint density at radius 2 is 1.22 bits per heavy atom. The molecule has 0 aliphatic heterocycles. The van der Waals surface area contributed by atoms with E-state index in [-0.39, 0.29) is 0 Å². The second kappa shape index (κ2) is 18.0. The summed E-state index contributed by atoms with van der Waals surface area (Å²) in [5.74, 6) is 0. The molecule has 0 radical (unpaired) electrons. The number of unbranched alkanes of at least 4 members (excludes halogenated alkanes) is 11. The molecule has 3 heteroatoms. The van der Waals surface area contributed by atoms with Crippen molar-refractivity contribution in [3.05, 3.63) is 0 Å². The minimum atomic E-state index is 0.495. The Balaban J connectivity index is 3.26. The number of hydrogen-bond donors (Lipinski definition) is 2. The van der Waals surface area contributed by atoms with Gasteiger partial charge in [0.05, 0.1) is 0 Å². The van der Waals surface area contributed by atoms with Gasteiger partial charge in [0, 0.05) is 12.6 Å². The fraction of sp³-hybridized carbons (Fsp3) is 0.950. The molecule has 0 heterocycles. The molecule has 138 valence electrons. The minimum Gasteiger partial charge on any atom is -0.363 e. The fourth-order valence-electron chi connectivity index (χ4n) is 2.86. The maximum atomic E-state index is 5.36. The van der Waals surface area contributed by atoms with E-state index < -0.39 is 0 Å². The molecule has 0 amide bonds. The highest BCUT2D eigenvalue weighted by molar-refractivity contribution is 7.80. The highest BCUT2D eigenvalue weighted by Gasteiger charge is 2.03. The average molecular weight is 343 g/mol. The lowest BCUT2D eigenvalue weighted by molar-refractivity contribution is 0.543. The normalized spacial score (nSPS) is 12.1. The first-order valence-electron chi connectivity index (χ1n) is 10.2. The lowest BCUT2D eigenvalue weighted by Crippen LogP contribution is -2.40. The van der Waals surface area contributed by atoms with Crippen LogP contribution in [0.3, 0.4) is 0 Å². The van der Waals surface area contributed by atoms with Crippen LogP contribution < -0.4 is 10.6 Å². The van der Waals surface area contributed by atoms with Crippen LogP contribution in [0.15, 0.2) is 0 Å². The van der Waals surface area contributed by atoms with E-state index in [0.717, 1.165) is 11.7 Å². The van der Waals surface area contributed by atoms with E-state index in [1.165, 1.54) is 89.9 Å². The van der Waals surface area contributed by atoms with Crippen LogP contribution in [0.2, 0.25) is 0 Å². The number of rotatable bonds is 16. The highest BCUT2D eigenvalue weighted by Crippen LogP contribution is 2.10. The van der Waals surface area contributed by atoms with Gasteiger partial charge < -0.3 is 10.6 Å². The van der Waals surface area contributed by atoms with Crippen molar-refractivity contribution in [2.45, 2.75) is 117 Å². The largest absolute Gasteiger partial charge is 0.363 e. The molecule has 1 atom stereocenters. The Hall–Kier alpha value is -0.310. The Morgan fingerprint density at radius 3 is 1.78 bits per heavy atom. The number of hydrogen-bond acceptors (Lipinski definition) is 1. The highest BCUT2D eigenvalue weighted by atomic mass is 32.1. The first-order valence-corrected chi connectivity index (χ1v) is 10.7. The van der Waals surface area contributed by atoms with E-state index in [2.05, 4.69) is 31.4 Å². The van der Waals surface area contributed by atoms with Crippen LogP contribution in [-0.2, 0) is 0 Å². The molecular weight excluding hydrogens is 300 g/mol. The van der Waals surface area contributed by atoms with Crippen molar-refractivity contribution in [2.75, 3.05) is 6.54 Å². The smallest absolute Gasteiger partial charge is 0.166 e. The van der Waals surface area contributed by atoms with Crippen LogP contribution in [-0.4, -0.2) is 17.7 Å². The van der Waals surface area contributed by atoms with E-state index in [4.69, 9.17) is 12.2 Å². The van der Waals surface area contributed by atoms with Gasteiger partial charge in [0.25, 0.3) is 0 Å². The summed E-state index contributed by atoms with van der Waals surface area (Å²) in [6.45, 7) is 7.77. The van der Waals surface area contributed by atoms with Gasteiger partial charge >= 0.3 is 0 Å². The molecule has 0 fully saturated rings. The van der Waals surface area contributed by atoms with Crippen LogP contribution in [0.5, 0.6) is 0 Å². The van der Waals surface area contributed by atoms with Gasteiger partial charge in [0.2, 0.25) is 0 Å². The first-order chi connectivity index (χ1) is 11.2. The summed E-state index contributed by atoms with van der Waals surface area (Å²) in [5, 5.41) is 7.58. The fourth-order valence-corrected chi connectivity index (χ4v) is 3.17. The molecule has 0 rings (SSSR count). The van der Waals surface area contributed by atoms with Crippen LogP contribution >= 0.6 is 12.2 Å². The van der Waals surface area contributed by atoms with E-state index >= 15 is 0 Å². The van der Waals surface area contributed by atoms with Gasteiger partial charge in [0.15, 0.2) is 5.11 Å². The second-order valence-corrected chi connectivity index (χ2v) is 7.39. The Kier molecular flexibility index (Phi) is 17.8. The maximum Gasteiger partial charge on any atom is 0.166 e. The molecule has 0 aromatic rings. The van der Waals surface area contributed by atoms with Crippen LogP contribution in [0.4, 0.5) is 0 Å². The average Bonchev–Trinajstić information content (AvgIpc) is 2.52. The van der Waals surface area contributed by atoms with Crippen molar-refractivity contribution in [2.24, 2.45) is 0 Å². The second-order valence-electron chi connectivity index (χ2n) is 6.98. The van der Waals surface area contributed by atoms with Gasteiger partial charge in [0.1, 0.15) is 0 Å². The van der Waals surface area contributed by atoms with Crippen molar-refractivity contribution < 1.29 is 0 Å². The summed E-state index contributed by atoms with van der Waals surface area (Å²) in [5.41, 5.74) is 0. The molecular formula is C20H42N2S. The predicted molar refractivity (Wildman–Crippen MR) is 109 cm³/mol. The lowest BCUT2D eigenvalue weighted by Gasteiger charge is -2.16. The maximum absolute atomic E-state index is 5.36. The summed E-state index contributed by atoms with van der Waals surface area (Å²) in [6.07, 6.45) is 19.0. The molecule has 0 saturated carbocycles. The molecule has 2 N–H and O–H groups in total. The predicted octanol–water partition coefficient (Wildman–Crippen LogP) is 6.34. The van der Waals surface area contributed by atoms with E-state index in [1.807, 2.05) is 0 Å². The van der Waals surface area contributed by atoms with Crippen molar-refractivity contribution in [3.8, 4) is 0 Å². The summed E-state index contributed by atoms with van der Waals surface area (Å²) >= 11 is 5.36. The van der Waals surface area contributed by atoms with Crippen LogP contribution in [0.1, 0.15) is 111 Å². The summed E-state index contributed by atoms with van der Waals surface area (Å²) < 4.78 is 0. The molecule has 0 aliphatic rings. The van der Waals surface area contributed by atoms with E-state index in [9.17, 15) is 0 Å². The molecule has 2 nitrogen and oxygen atoms in total. The van der Waals surface area contributed by atoms with Crippen LogP contribution in [0.25, 0.3) is 0 Å². The zero-order valence-electron chi connectivity index (χ0n) is 16.1. The van der Waals surface area contributed by atoms with E-state index in [0.29, 0.717) is 6.04 Å². The van der Waals surface area contributed by atoms with Gasteiger partial charge in [-0.05, 0) is 32.0 Å². The first kappa shape index (κ1) is 22.7. The van der Waals surface area contributed by atoms with Gasteiger partial charge in [-0.3, -0.25) is 0 Å². The summed E-state index contributed by atoms with van der Waals surface area (Å²) in [4.78, 5) is 0. The topological polar surface area (TPSA) is 24.1 Å². The monoisotopic (exact) mass is 342 g/mol. The molecule has 1 unspecified atom stereocenters. The lowest BCUT2D eigenvalue weighted by atomic mass is 10.1. The van der Waals surface area contributed by atoms with E-state index in [1.54, 1.807) is 0 Å². The van der Waals surface area contributed by atoms with Crippen molar-refractivity contribution in [3.63, 3.8) is 0 Å². The molecule has 0 aliphatic carbocycles. The van der Waals surface area contributed by atoms with Crippen LogP contribution in [0, 0.1) is 0 Å². The Bertz CT molecular complexity index is 256. The van der Waals surface area contributed by atoms with Crippen molar-refractivity contribution >= 4 is 17.3 Å².